The predicted molar refractivity (Wildman–Crippen MR) is 176 cm³/mol. The molecule has 52 heavy (non-hydrogen) atoms. The van der Waals surface area contributed by atoms with E-state index < -0.39 is 104 Å². The number of aromatic hydroxyl groups is 1. The van der Waals surface area contributed by atoms with Crippen molar-refractivity contribution in [3.63, 3.8) is 0 Å². The lowest BCUT2D eigenvalue weighted by molar-refractivity contribution is -0.125. The highest BCUT2D eigenvalue weighted by molar-refractivity contribution is 6.58. The number of phenols is 1. The van der Waals surface area contributed by atoms with Crippen molar-refractivity contribution in [3.05, 3.63) is 88.3 Å². The fraction of sp³-hybridized carbons (Fsp3) is 0.333. The topological polar surface area (TPSA) is 113 Å². The van der Waals surface area contributed by atoms with Crippen LogP contribution in [0.3, 0.4) is 0 Å². The number of nitrogens with zero attached hydrogens (tertiary/aromatic N) is 2. The molecule has 1 N–H and O–H groups in total. The van der Waals surface area contributed by atoms with Gasteiger partial charge in [-0.3, -0.25) is 24.1 Å². The van der Waals surface area contributed by atoms with Gasteiger partial charge in [-0.15, -0.1) is 23.2 Å². The van der Waals surface area contributed by atoms with Crippen LogP contribution in [0.2, 0.25) is 0 Å². The number of allylic oxidation sites excluding steroid dienone is 2. The number of hydrogen-bond acceptors (Lipinski definition) is 7. The first-order chi connectivity index (χ1) is 24.6. The summed E-state index contributed by atoms with van der Waals surface area (Å²) in [7, 11) is 2.41. The molecule has 272 valence electrons. The smallest absolute Gasteiger partial charge is 0.258 e. The minimum atomic E-state index is -2.75. The largest absolute Gasteiger partial charge is 0.502 e. The van der Waals surface area contributed by atoms with Crippen molar-refractivity contribution >= 4 is 58.2 Å². The Balaban J connectivity index is 1.45. The molecular weight excluding hydrogens is 738 g/mol. The van der Waals surface area contributed by atoms with Crippen LogP contribution in [0.15, 0.2) is 48.0 Å². The number of carbonyl (C=O) groups excluding carboxylic acids is 4. The molecule has 16 heteroatoms. The van der Waals surface area contributed by atoms with Gasteiger partial charge in [-0.1, -0.05) is 30.7 Å². The first-order valence-corrected chi connectivity index (χ1v) is 16.7. The lowest BCUT2D eigenvalue weighted by Crippen LogP contribution is -2.60. The number of ether oxygens (including phenoxy) is 2. The predicted octanol–water partition coefficient (Wildman–Crippen LogP) is 6.44. The molecule has 0 aromatic heterocycles. The van der Waals surface area contributed by atoms with Crippen LogP contribution in [0.1, 0.15) is 36.8 Å². The average Bonchev–Trinajstić information content (AvgIpc) is 3.48. The van der Waals surface area contributed by atoms with Crippen LogP contribution >= 0.6 is 23.2 Å². The molecule has 4 aliphatic rings. The summed E-state index contributed by atoms with van der Waals surface area (Å²) < 4.78 is 84.3. The summed E-state index contributed by atoms with van der Waals surface area (Å²) in [6.45, 7) is 1.93. The van der Waals surface area contributed by atoms with Gasteiger partial charge in [0.1, 0.15) is 5.69 Å². The molecule has 9 nitrogen and oxygen atoms in total. The maximum atomic E-state index is 15.3. The van der Waals surface area contributed by atoms with Gasteiger partial charge in [0.25, 0.3) is 11.8 Å². The van der Waals surface area contributed by atoms with E-state index in [1.165, 1.54) is 26.4 Å². The molecule has 3 fully saturated rings. The number of carbonyl (C=O) groups is 4. The Kier molecular flexibility index (Phi) is 8.37. The molecule has 1 saturated carbocycles. The molecule has 7 rings (SSSR count). The Hall–Kier alpha value is -4.69. The summed E-state index contributed by atoms with van der Waals surface area (Å²) in [5.41, 5.74) is -0.411. The second kappa shape index (κ2) is 12.2. The standard InChI is InChI=1S/C36H27Cl2F5N2O7/c1-4-14-5-7-16(8-6-14)44-31(47)18-10-9-17-19(22(18)32(44)48)13-35(37)33(49)45(29-27(42)25(40)24(39)26(41)28(29)43)34(50)36(35,38)23(17)15-11-20(51-2)30(46)21(12-15)52-3/h5-9,11-12,18-19,22-23,46H,4,10,13H2,1-3H3. The molecule has 2 aliphatic heterocycles. The van der Waals surface area contributed by atoms with Crippen molar-refractivity contribution < 1.29 is 55.7 Å². The van der Waals surface area contributed by atoms with E-state index in [-0.39, 0.29) is 34.0 Å². The Morgan fingerprint density at radius 3 is 1.90 bits per heavy atom. The Bertz CT molecular complexity index is 2100. The maximum absolute atomic E-state index is 15.3. The van der Waals surface area contributed by atoms with Crippen LogP contribution in [-0.4, -0.2) is 52.7 Å². The molecule has 0 radical (unpaired) electrons. The van der Waals surface area contributed by atoms with E-state index in [0.717, 1.165) is 10.5 Å². The van der Waals surface area contributed by atoms with Crippen LogP contribution in [0.4, 0.5) is 33.3 Å². The number of amides is 4. The first-order valence-electron chi connectivity index (χ1n) is 16.0. The summed E-state index contributed by atoms with van der Waals surface area (Å²) in [6, 6.07) is 9.23. The van der Waals surface area contributed by atoms with Crippen molar-refractivity contribution in [1.82, 2.24) is 0 Å². The molecule has 2 saturated heterocycles. The third-order valence-corrected chi connectivity index (χ3v) is 12.1. The number of methoxy groups -OCH3 is 2. The first kappa shape index (κ1) is 35.7. The quantitative estimate of drug-likeness (QED) is 0.0769. The van der Waals surface area contributed by atoms with Gasteiger partial charge in [-0.25, -0.2) is 26.9 Å². The zero-order valence-electron chi connectivity index (χ0n) is 27.4. The van der Waals surface area contributed by atoms with Crippen molar-refractivity contribution in [3.8, 4) is 17.2 Å². The van der Waals surface area contributed by atoms with E-state index in [1.807, 2.05) is 6.92 Å². The Morgan fingerprint density at radius 1 is 0.808 bits per heavy atom. The van der Waals surface area contributed by atoms with Crippen LogP contribution in [0.25, 0.3) is 0 Å². The zero-order chi connectivity index (χ0) is 37.8. The summed E-state index contributed by atoms with van der Waals surface area (Å²) in [6.07, 6.45) is 1.56. The van der Waals surface area contributed by atoms with Crippen molar-refractivity contribution in [2.75, 3.05) is 24.0 Å². The van der Waals surface area contributed by atoms with Crippen LogP contribution in [0.5, 0.6) is 17.2 Å². The summed E-state index contributed by atoms with van der Waals surface area (Å²) in [5.74, 6) is -22.5. The van der Waals surface area contributed by atoms with E-state index in [0.29, 0.717) is 12.1 Å². The SMILES string of the molecule is CCc1ccc(N2C(=O)C3CC=C4C(CC5(Cl)C(=O)N(c6c(F)c(F)c(F)c(F)c6F)C(=O)C5(Cl)C4c4cc(OC)c(O)c(OC)c4)C3C2=O)cc1. The van der Waals surface area contributed by atoms with Gasteiger partial charge in [0.2, 0.25) is 23.4 Å². The van der Waals surface area contributed by atoms with Gasteiger partial charge in [-0.05, 0) is 60.6 Å². The van der Waals surface area contributed by atoms with Gasteiger partial charge < -0.3 is 14.6 Å². The van der Waals surface area contributed by atoms with Gasteiger partial charge in [0.05, 0.1) is 31.7 Å². The lowest BCUT2D eigenvalue weighted by atomic mass is 9.56. The number of imide groups is 2. The maximum Gasteiger partial charge on any atom is 0.258 e. The number of benzene rings is 3. The monoisotopic (exact) mass is 764 g/mol. The van der Waals surface area contributed by atoms with Crippen LogP contribution in [-0.2, 0) is 25.6 Å². The zero-order valence-corrected chi connectivity index (χ0v) is 28.9. The second-order valence-electron chi connectivity index (χ2n) is 13.0. The summed E-state index contributed by atoms with van der Waals surface area (Å²) in [5, 5.41) is 10.7. The van der Waals surface area contributed by atoms with E-state index in [1.54, 1.807) is 30.3 Å². The Morgan fingerprint density at radius 2 is 1.37 bits per heavy atom. The number of hydrogen-bond donors (Lipinski definition) is 1. The molecule has 2 heterocycles. The molecule has 6 unspecified atom stereocenters. The minimum absolute atomic E-state index is 0.00474. The molecule has 4 amide bonds. The van der Waals surface area contributed by atoms with Crippen LogP contribution in [0, 0.1) is 46.8 Å². The van der Waals surface area contributed by atoms with E-state index in [9.17, 15) is 37.5 Å². The number of alkyl halides is 2. The second-order valence-corrected chi connectivity index (χ2v) is 14.2. The number of rotatable bonds is 6. The number of halogens is 7. The molecule has 6 atom stereocenters. The van der Waals surface area contributed by atoms with Gasteiger partial charge >= 0.3 is 0 Å². The number of fused-ring (bicyclic) bond motifs is 4. The van der Waals surface area contributed by atoms with E-state index in [2.05, 4.69) is 0 Å². The average molecular weight is 766 g/mol. The highest BCUT2D eigenvalue weighted by Gasteiger charge is 2.77. The Labute approximate surface area is 302 Å². The third kappa shape index (κ3) is 4.52. The fourth-order valence-corrected chi connectivity index (χ4v) is 9.09. The molecule has 3 aromatic carbocycles. The van der Waals surface area contributed by atoms with Gasteiger partial charge in [0.15, 0.2) is 44.5 Å². The fourth-order valence-electron chi connectivity index (χ4n) is 8.16. The third-order valence-electron chi connectivity index (χ3n) is 10.7. The van der Waals surface area contributed by atoms with E-state index >= 15 is 8.78 Å². The van der Waals surface area contributed by atoms with Crippen LogP contribution < -0.4 is 19.3 Å². The van der Waals surface area contributed by atoms with Gasteiger partial charge in [0, 0.05) is 5.92 Å². The molecule has 2 aliphatic carbocycles. The number of phenolic OH excluding ortho intramolecular Hbond substituents is 1. The van der Waals surface area contributed by atoms with Gasteiger partial charge in [-0.2, -0.15) is 0 Å². The summed E-state index contributed by atoms with van der Waals surface area (Å²) >= 11 is 14.4. The molecule has 0 spiro atoms. The lowest BCUT2D eigenvalue weighted by Gasteiger charge is -2.50. The number of anilines is 2. The van der Waals surface area contributed by atoms with Crippen molar-refractivity contribution in [2.45, 2.75) is 41.9 Å². The molecule has 3 aromatic rings. The highest BCUT2D eigenvalue weighted by Crippen LogP contribution is 2.66. The van der Waals surface area contributed by atoms with Crippen molar-refractivity contribution in [2.24, 2.45) is 17.8 Å². The highest BCUT2D eigenvalue weighted by atomic mass is 35.5. The summed E-state index contributed by atoms with van der Waals surface area (Å²) in [4.78, 5) is 52.4. The molecular formula is C36H27Cl2F5N2O7. The van der Waals surface area contributed by atoms with Crippen molar-refractivity contribution in [1.29, 1.82) is 0 Å². The normalized spacial score (nSPS) is 28.2. The number of aryl methyl sites for hydroxylation is 1. The van der Waals surface area contributed by atoms with E-state index in [4.69, 9.17) is 32.7 Å². The molecule has 0 bridgehead atoms. The minimum Gasteiger partial charge on any atom is -0.502 e.